The van der Waals surface area contributed by atoms with Gasteiger partial charge in [-0.25, -0.2) is 0 Å². The molecule has 0 fully saturated rings. The molecule has 0 atom stereocenters. The maximum Gasteiger partial charge on any atom is 0.162 e. The number of ether oxygens (including phenoxy) is 2. The smallest absolute Gasteiger partial charge is 0.162 e. The van der Waals surface area contributed by atoms with E-state index in [1.807, 2.05) is 42.5 Å². The normalized spacial score (nSPS) is 11.0. The Morgan fingerprint density at radius 3 is 2.50 bits per heavy atom. The Bertz CT molecular complexity index is 609. The second-order valence-electron chi connectivity index (χ2n) is 5.43. The summed E-state index contributed by atoms with van der Waals surface area (Å²) in [6.45, 7) is 5.27. The summed E-state index contributed by atoms with van der Waals surface area (Å²) in [6.07, 6.45) is 1.36. The fourth-order valence-electron chi connectivity index (χ4n) is 1.90. The summed E-state index contributed by atoms with van der Waals surface area (Å²) in [7, 11) is 0. The molecule has 0 amide bonds. The zero-order valence-electron chi connectivity index (χ0n) is 12.9. The van der Waals surface area contributed by atoms with Gasteiger partial charge in [0.1, 0.15) is 6.61 Å². The van der Waals surface area contributed by atoms with Crippen LogP contribution in [0.3, 0.4) is 0 Å². The van der Waals surface area contributed by atoms with Gasteiger partial charge in [-0.1, -0.05) is 49.3 Å². The monoisotopic (exact) mass is 299 g/mol. The summed E-state index contributed by atoms with van der Waals surface area (Å²) in [6, 6.07) is 15.4. The number of nitrogens with zero attached hydrogens (tertiary/aromatic N) is 1. The molecule has 2 rings (SSSR count). The molecule has 4 nitrogen and oxygen atoms in total. The Labute approximate surface area is 131 Å². The van der Waals surface area contributed by atoms with Gasteiger partial charge in [0.15, 0.2) is 11.5 Å². The molecule has 4 heteroatoms. The zero-order chi connectivity index (χ0) is 15.8. The van der Waals surface area contributed by atoms with Crippen LogP contribution in [0.1, 0.15) is 25.0 Å². The number of benzene rings is 2. The van der Waals surface area contributed by atoms with Crippen molar-refractivity contribution < 1.29 is 14.7 Å². The van der Waals surface area contributed by atoms with E-state index in [1.54, 1.807) is 6.07 Å². The quantitative estimate of drug-likeness (QED) is 0.475. The molecule has 22 heavy (non-hydrogen) atoms. The lowest BCUT2D eigenvalue weighted by Crippen LogP contribution is -2.06. The number of hydrogen-bond acceptors (Lipinski definition) is 4. The summed E-state index contributed by atoms with van der Waals surface area (Å²) in [5, 5.41) is 11.7. The average Bonchev–Trinajstić information content (AvgIpc) is 2.53. The van der Waals surface area contributed by atoms with Gasteiger partial charge < -0.3 is 14.7 Å². The van der Waals surface area contributed by atoms with Crippen molar-refractivity contribution in [1.29, 1.82) is 0 Å². The second-order valence-corrected chi connectivity index (χ2v) is 5.43. The van der Waals surface area contributed by atoms with Gasteiger partial charge >= 0.3 is 0 Å². The molecule has 0 heterocycles. The van der Waals surface area contributed by atoms with Gasteiger partial charge in [0.05, 0.1) is 12.8 Å². The summed E-state index contributed by atoms with van der Waals surface area (Å²) >= 11 is 0. The predicted octanol–water partition coefficient (Wildman–Crippen LogP) is 4.11. The maximum atomic E-state index is 8.66. The first-order chi connectivity index (χ1) is 10.7. The molecule has 2 aromatic rings. The largest absolute Gasteiger partial charge is 0.489 e. The van der Waals surface area contributed by atoms with Crippen molar-refractivity contribution in [3.63, 3.8) is 0 Å². The first kappa shape index (κ1) is 15.9. The molecule has 0 aliphatic carbocycles. The predicted molar refractivity (Wildman–Crippen MR) is 86.9 cm³/mol. The summed E-state index contributed by atoms with van der Waals surface area (Å²) in [5.74, 6) is 1.77. The molecule has 2 aromatic carbocycles. The van der Waals surface area contributed by atoms with Crippen LogP contribution < -0.4 is 9.47 Å². The van der Waals surface area contributed by atoms with Crippen molar-refractivity contribution in [2.75, 3.05) is 6.61 Å². The van der Waals surface area contributed by atoms with Crippen LogP contribution >= 0.6 is 0 Å². The molecule has 0 aliphatic rings. The Hall–Kier alpha value is -2.49. The molecule has 0 saturated carbocycles. The molecule has 0 radical (unpaired) electrons. The van der Waals surface area contributed by atoms with Crippen molar-refractivity contribution in [3.05, 3.63) is 59.7 Å². The highest BCUT2D eigenvalue weighted by atomic mass is 16.5. The topological polar surface area (TPSA) is 51.0 Å². The van der Waals surface area contributed by atoms with E-state index in [2.05, 4.69) is 19.0 Å². The third-order valence-corrected chi connectivity index (χ3v) is 2.98. The minimum Gasteiger partial charge on any atom is -0.489 e. The number of rotatable bonds is 7. The van der Waals surface area contributed by atoms with E-state index >= 15 is 0 Å². The molecule has 0 unspecified atom stereocenters. The van der Waals surface area contributed by atoms with Gasteiger partial charge in [-0.2, -0.15) is 0 Å². The van der Waals surface area contributed by atoms with Crippen LogP contribution in [0.2, 0.25) is 0 Å². The highest BCUT2D eigenvalue weighted by molar-refractivity contribution is 5.80. The van der Waals surface area contributed by atoms with Gasteiger partial charge in [0.25, 0.3) is 0 Å². The molecule has 0 bridgehead atoms. The SMILES string of the molecule is CC(C)COc1ccc(/C=N/O)cc1OCc1ccccc1. The number of hydrogen-bond donors (Lipinski definition) is 1. The Balaban J connectivity index is 2.15. The van der Waals surface area contributed by atoms with Crippen LogP contribution in [0, 0.1) is 5.92 Å². The highest BCUT2D eigenvalue weighted by Gasteiger charge is 2.08. The van der Waals surface area contributed by atoms with E-state index in [1.165, 1.54) is 6.21 Å². The van der Waals surface area contributed by atoms with E-state index < -0.39 is 0 Å². The lowest BCUT2D eigenvalue weighted by atomic mass is 10.2. The number of oxime groups is 1. The van der Waals surface area contributed by atoms with Crippen molar-refractivity contribution in [2.24, 2.45) is 11.1 Å². The van der Waals surface area contributed by atoms with E-state index in [0.29, 0.717) is 30.6 Å². The molecule has 0 aliphatic heterocycles. The van der Waals surface area contributed by atoms with Crippen LogP contribution in [0.4, 0.5) is 0 Å². The van der Waals surface area contributed by atoms with Crippen LogP contribution in [-0.2, 0) is 6.61 Å². The van der Waals surface area contributed by atoms with Gasteiger partial charge in [-0.15, -0.1) is 0 Å². The Morgan fingerprint density at radius 1 is 1.05 bits per heavy atom. The molecule has 1 N–H and O–H groups in total. The van der Waals surface area contributed by atoms with Crippen molar-refractivity contribution in [2.45, 2.75) is 20.5 Å². The van der Waals surface area contributed by atoms with Crippen molar-refractivity contribution >= 4 is 6.21 Å². The van der Waals surface area contributed by atoms with Crippen LogP contribution in [-0.4, -0.2) is 18.0 Å². The Kier molecular flexibility index (Phi) is 5.83. The first-order valence-electron chi connectivity index (χ1n) is 7.30. The standard InChI is InChI=1S/C18H21NO3/c1-14(2)12-21-17-9-8-16(11-19-20)10-18(17)22-13-15-6-4-3-5-7-15/h3-11,14,20H,12-13H2,1-2H3/b19-11+. The molecular formula is C18H21NO3. The van der Waals surface area contributed by atoms with Crippen molar-refractivity contribution in [1.82, 2.24) is 0 Å². The van der Waals surface area contributed by atoms with Gasteiger partial charge in [-0.3, -0.25) is 0 Å². The molecule has 0 aromatic heterocycles. The van der Waals surface area contributed by atoms with Crippen LogP contribution in [0.5, 0.6) is 11.5 Å². The second kappa shape index (κ2) is 8.08. The summed E-state index contributed by atoms with van der Waals surface area (Å²) < 4.78 is 11.7. The fourth-order valence-corrected chi connectivity index (χ4v) is 1.90. The van der Waals surface area contributed by atoms with Gasteiger partial charge in [0, 0.05) is 5.56 Å². The lowest BCUT2D eigenvalue weighted by molar-refractivity contribution is 0.240. The fraction of sp³-hybridized carbons (Fsp3) is 0.278. The maximum absolute atomic E-state index is 8.66. The van der Waals surface area contributed by atoms with E-state index in [-0.39, 0.29) is 0 Å². The lowest BCUT2D eigenvalue weighted by Gasteiger charge is -2.14. The third kappa shape index (κ3) is 4.81. The summed E-state index contributed by atoms with van der Waals surface area (Å²) in [5.41, 5.74) is 1.83. The minimum atomic E-state index is 0.431. The molecule has 0 spiro atoms. The molecule has 0 saturated heterocycles. The molecule has 116 valence electrons. The van der Waals surface area contributed by atoms with Crippen LogP contribution in [0.15, 0.2) is 53.7 Å². The zero-order valence-corrected chi connectivity index (χ0v) is 12.9. The third-order valence-electron chi connectivity index (χ3n) is 2.98. The van der Waals surface area contributed by atoms with Crippen molar-refractivity contribution in [3.8, 4) is 11.5 Å². The average molecular weight is 299 g/mol. The van der Waals surface area contributed by atoms with Gasteiger partial charge in [-0.05, 0) is 29.7 Å². The van der Waals surface area contributed by atoms with E-state index in [9.17, 15) is 0 Å². The molecular weight excluding hydrogens is 278 g/mol. The van der Waals surface area contributed by atoms with Crippen LogP contribution in [0.25, 0.3) is 0 Å². The minimum absolute atomic E-state index is 0.431. The van der Waals surface area contributed by atoms with E-state index in [0.717, 1.165) is 11.1 Å². The van der Waals surface area contributed by atoms with Gasteiger partial charge in [0.2, 0.25) is 0 Å². The first-order valence-corrected chi connectivity index (χ1v) is 7.30. The summed E-state index contributed by atoms with van der Waals surface area (Å²) in [4.78, 5) is 0. The highest BCUT2D eigenvalue weighted by Crippen LogP contribution is 2.29. The van der Waals surface area contributed by atoms with E-state index in [4.69, 9.17) is 14.7 Å². The Morgan fingerprint density at radius 2 is 1.82 bits per heavy atom.